The molecule has 0 radical (unpaired) electrons. The number of benzene rings is 1. The minimum absolute atomic E-state index is 0.260. The molecule has 3 rings (SSSR count). The first kappa shape index (κ1) is 12.4. The predicted molar refractivity (Wildman–Crippen MR) is 75.2 cm³/mol. The van der Waals surface area contributed by atoms with Crippen LogP contribution >= 0.6 is 0 Å². The number of likely N-dealkylation sites (N-methyl/N-ethyl adjacent to an activating group) is 1. The zero-order chi connectivity index (χ0) is 13.3. The molecule has 2 fully saturated rings. The summed E-state index contributed by atoms with van der Waals surface area (Å²) in [6, 6.07) is 8.49. The Labute approximate surface area is 113 Å². The summed E-state index contributed by atoms with van der Waals surface area (Å²) in [7, 11) is 2.16. The van der Waals surface area contributed by atoms with Gasteiger partial charge in [-0.2, -0.15) is 4.99 Å². The Bertz CT molecular complexity index is 510. The topological polar surface area (TPSA) is 35.9 Å². The standard InChI is InChI=1S/C15H19N3O/c1-17-7-9-18(10-8-17)14-4-2-3-13(11-14)15(5-6-15)16-12-19/h2-4,11H,5-10H2,1H3. The molecule has 0 atom stereocenters. The zero-order valence-electron chi connectivity index (χ0n) is 11.3. The van der Waals surface area contributed by atoms with E-state index in [1.54, 1.807) is 6.08 Å². The lowest BCUT2D eigenvalue weighted by molar-refractivity contribution is 0.313. The van der Waals surface area contributed by atoms with Crippen molar-refractivity contribution in [1.82, 2.24) is 4.90 Å². The van der Waals surface area contributed by atoms with Gasteiger partial charge in [-0.3, -0.25) is 0 Å². The highest BCUT2D eigenvalue weighted by molar-refractivity contribution is 5.52. The average Bonchev–Trinajstić information content (AvgIpc) is 3.21. The quantitative estimate of drug-likeness (QED) is 0.611. The molecule has 1 aromatic carbocycles. The lowest BCUT2D eigenvalue weighted by Gasteiger charge is -2.34. The predicted octanol–water partition coefficient (Wildman–Crippen LogP) is 1.76. The van der Waals surface area contributed by atoms with Gasteiger partial charge in [0, 0.05) is 31.9 Å². The first-order valence-corrected chi connectivity index (χ1v) is 6.87. The van der Waals surface area contributed by atoms with Gasteiger partial charge in [0.05, 0.1) is 5.54 Å². The summed E-state index contributed by atoms with van der Waals surface area (Å²) in [4.78, 5) is 19.3. The molecule has 4 heteroatoms. The number of aliphatic imine (C=N–C) groups is 1. The van der Waals surface area contributed by atoms with E-state index in [1.807, 2.05) is 0 Å². The van der Waals surface area contributed by atoms with Crippen LogP contribution in [0.4, 0.5) is 5.69 Å². The Morgan fingerprint density at radius 3 is 2.58 bits per heavy atom. The minimum Gasteiger partial charge on any atom is -0.369 e. The normalized spacial score (nSPS) is 21.8. The van der Waals surface area contributed by atoms with Gasteiger partial charge in [-0.1, -0.05) is 12.1 Å². The Hall–Kier alpha value is -1.64. The number of piperazine rings is 1. The van der Waals surface area contributed by atoms with Crippen molar-refractivity contribution in [2.24, 2.45) is 4.99 Å². The van der Waals surface area contributed by atoms with Crippen LogP contribution in [0.3, 0.4) is 0 Å². The molecule has 1 aliphatic heterocycles. The summed E-state index contributed by atoms with van der Waals surface area (Å²) in [5.41, 5.74) is 2.15. The van der Waals surface area contributed by atoms with Crippen LogP contribution in [0.1, 0.15) is 18.4 Å². The molecule has 0 bridgehead atoms. The van der Waals surface area contributed by atoms with Crippen LogP contribution in [0.5, 0.6) is 0 Å². The number of anilines is 1. The van der Waals surface area contributed by atoms with Crippen molar-refractivity contribution in [2.45, 2.75) is 18.4 Å². The molecule has 0 unspecified atom stereocenters. The van der Waals surface area contributed by atoms with E-state index in [1.165, 1.54) is 5.69 Å². The molecular formula is C15H19N3O. The SMILES string of the molecule is CN1CCN(c2cccc(C3(N=C=O)CC3)c2)CC1. The summed E-state index contributed by atoms with van der Waals surface area (Å²) in [6.07, 6.45) is 3.66. The third kappa shape index (κ3) is 2.42. The van der Waals surface area contributed by atoms with Gasteiger partial charge in [-0.05, 0) is 37.6 Å². The second-order valence-electron chi connectivity index (χ2n) is 5.58. The van der Waals surface area contributed by atoms with Gasteiger partial charge < -0.3 is 9.80 Å². The van der Waals surface area contributed by atoms with Gasteiger partial charge in [0.1, 0.15) is 0 Å². The molecule has 0 N–H and O–H groups in total. The molecular weight excluding hydrogens is 238 g/mol. The number of rotatable bonds is 3. The molecule has 4 nitrogen and oxygen atoms in total. The van der Waals surface area contributed by atoms with Crippen LogP contribution < -0.4 is 4.90 Å². The molecule has 0 amide bonds. The van der Waals surface area contributed by atoms with Crippen molar-refractivity contribution in [3.05, 3.63) is 29.8 Å². The zero-order valence-corrected chi connectivity index (χ0v) is 11.3. The van der Waals surface area contributed by atoms with Crippen LogP contribution in [0.15, 0.2) is 29.3 Å². The molecule has 1 saturated heterocycles. The van der Waals surface area contributed by atoms with E-state index in [2.05, 4.69) is 46.1 Å². The Morgan fingerprint density at radius 2 is 1.95 bits per heavy atom. The van der Waals surface area contributed by atoms with Gasteiger partial charge in [-0.25, -0.2) is 4.79 Å². The van der Waals surface area contributed by atoms with Gasteiger partial charge >= 0.3 is 0 Å². The Morgan fingerprint density at radius 1 is 1.21 bits per heavy atom. The average molecular weight is 257 g/mol. The van der Waals surface area contributed by atoms with Crippen LogP contribution in [0.25, 0.3) is 0 Å². The maximum atomic E-state index is 10.5. The number of isocyanates is 1. The summed E-state index contributed by atoms with van der Waals surface area (Å²) < 4.78 is 0. The van der Waals surface area contributed by atoms with Crippen LogP contribution in [0, 0.1) is 0 Å². The smallest absolute Gasteiger partial charge is 0.235 e. The molecule has 2 aliphatic rings. The number of hydrogen-bond donors (Lipinski definition) is 0. The van der Waals surface area contributed by atoms with Gasteiger partial charge in [0.2, 0.25) is 6.08 Å². The maximum Gasteiger partial charge on any atom is 0.235 e. The fourth-order valence-corrected chi connectivity index (χ4v) is 2.73. The molecule has 0 aromatic heterocycles. The lowest BCUT2D eigenvalue weighted by Crippen LogP contribution is -2.44. The molecule has 1 saturated carbocycles. The van der Waals surface area contributed by atoms with E-state index in [-0.39, 0.29) is 5.54 Å². The van der Waals surface area contributed by atoms with Gasteiger partial charge in [-0.15, -0.1) is 0 Å². The van der Waals surface area contributed by atoms with E-state index in [0.717, 1.165) is 44.6 Å². The summed E-state index contributed by atoms with van der Waals surface area (Å²) in [5.74, 6) is 0. The fraction of sp³-hybridized carbons (Fsp3) is 0.533. The van der Waals surface area contributed by atoms with Crippen LogP contribution in [0.2, 0.25) is 0 Å². The van der Waals surface area contributed by atoms with E-state index in [0.29, 0.717) is 0 Å². The number of nitrogens with zero attached hydrogens (tertiary/aromatic N) is 3. The first-order chi connectivity index (χ1) is 9.23. The van der Waals surface area contributed by atoms with Crippen molar-refractivity contribution in [2.75, 3.05) is 38.1 Å². The Kier molecular flexibility index (Phi) is 3.13. The molecule has 1 aromatic rings. The number of hydrogen-bond acceptors (Lipinski definition) is 4. The summed E-state index contributed by atoms with van der Waals surface area (Å²) in [5, 5.41) is 0. The highest BCUT2D eigenvalue weighted by atomic mass is 16.1. The third-order valence-corrected chi connectivity index (χ3v) is 4.24. The second-order valence-corrected chi connectivity index (χ2v) is 5.58. The summed E-state index contributed by atoms with van der Waals surface area (Å²) >= 11 is 0. The Balaban J connectivity index is 1.82. The van der Waals surface area contributed by atoms with Crippen LogP contribution in [-0.2, 0) is 10.3 Å². The fourth-order valence-electron chi connectivity index (χ4n) is 2.73. The van der Waals surface area contributed by atoms with Crippen molar-refractivity contribution < 1.29 is 4.79 Å². The maximum absolute atomic E-state index is 10.5. The van der Waals surface area contributed by atoms with E-state index in [4.69, 9.17) is 0 Å². The second kappa shape index (κ2) is 4.80. The van der Waals surface area contributed by atoms with Crippen molar-refractivity contribution in [1.29, 1.82) is 0 Å². The third-order valence-electron chi connectivity index (χ3n) is 4.24. The van der Waals surface area contributed by atoms with E-state index in [9.17, 15) is 4.79 Å². The monoisotopic (exact) mass is 257 g/mol. The summed E-state index contributed by atoms with van der Waals surface area (Å²) in [6.45, 7) is 4.32. The van der Waals surface area contributed by atoms with Crippen molar-refractivity contribution in [3.8, 4) is 0 Å². The first-order valence-electron chi connectivity index (χ1n) is 6.87. The van der Waals surface area contributed by atoms with Gasteiger partial charge in [0.25, 0.3) is 0 Å². The largest absolute Gasteiger partial charge is 0.369 e. The van der Waals surface area contributed by atoms with Gasteiger partial charge in [0.15, 0.2) is 0 Å². The molecule has 1 aliphatic carbocycles. The molecule has 19 heavy (non-hydrogen) atoms. The van der Waals surface area contributed by atoms with Crippen molar-refractivity contribution in [3.63, 3.8) is 0 Å². The van der Waals surface area contributed by atoms with E-state index < -0.39 is 0 Å². The molecule has 0 spiro atoms. The molecule has 100 valence electrons. The van der Waals surface area contributed by atoms with Crippen LogP contribution in [-0.4, -0.2) is 44.2 Å². The van der Waals surface area contributed by atoms with E-state index >= 15 is 0 Å². The minimum atomic E-state index is -0.260. The van der Waals surface area contributed by atoms with Crippen molar-refractivity contribution >= 4 is 11.8 Å². The highest BCUT2D eigenvalue weighted by Crippen LogP contribution is 2.49. The molecule has 1 heterocycles. The number of carbonyl (C=O) groups excluding carboxylic acids is 1. The highest BCUT2D eigenvalue weighted by Gasteiger charge is 2.44. The lowest BCUT2D eigenvalue weighted by atomic mass is 10.0.